The molecule has 1 fully saturated rings. The molecule has 0 aliphatic carbocycles. The zero-order chi connectivity index (χ0) is 10.8. The van der Waals surface area contributed by atoms with Crippen molar-refractivity contribution in [3.05, 3.63) is 33.8 Å². The van der Waals surface area contributed by atoms with E-state index in [0.29, 0.717) is 0 Å². The smallest absolute Gasteiger partial charge is 0.254 e. The van der Waals surface area contributed by atoms with E-state index in [9.17, 15) is 4.79 Å². The molecule has 15 heavy (non-hydrogen) atoms. The van der Waals surface area contributed by atoms with Crippen molar-refractivity contribution in [3.8, 4) is 0 Å². The van der Waals surface area contributed by atoms with Gasteiger partial charge in [-0.25, -0.2) is 0 Å². The number of amides is 1. The average molecular weight is 286 g/mol. The third kappa shape index (κ3) is 2.37. The number of halogens is 1. The SMILES string of the molecule is Cc1ccc(C(=O)N2CCSC2)cc1Br. The molecular formula is C11H12BrNOS. The summed E-state index contributed by atoms with van der Waals surface area (Å²) in [5.74, 6) is 2.02. The molecule has 0 spiro atoms. The van der Waals surface area contributed by atoms with Crippen LogP contribution in [-0.4, -0.2) is 29.0 Å². The molecule has 0 aromatic heterocycles. The molecule has 2 rings (SSSR count). The van der Waals surface area contributed by atoms with Gasteiger partial charge in [0.1, 0.15) is 0 Å². The van der Waals surface area contributed by atoms with Gasteiger partial charge >= 0.3 is 0 Å². The Hall–Kier alpha value is -0.480. The van der Waals surface area contributed by atoms with E-state index in [1.54, 1.807) is 11.8 Å². The van der Waals surface area contributed by atoms with Crippen LogP contribution in [0.4, 0.5) is 0 Å². The standard InChI is InChI=1S/C11H12BrNOS/c1-8-2-3-9(6-10(8)12)11(14)13-4-5-15-7-13/h2-3,6H,4-5,7H2,1H3. The van der Waals surface area contributed by atoms with E-state index in [1.165, 1.54) is 0 Å². The summed E-state index contributed by atoms with van der Waals surface area (Å²) in [6.07, 6.45) is 0. The second-order valence-electron chi connectivity index (χ2n) is 3.57. The lowest BCUT2D eigenvalue weighted by Crippen LogP contribution is -2.27. The fourth-order valence-electron chi connectivity index (χ4n) is 1.48. The highest BCUT2D eigenvalue weighted by Gasteiger charge is 2.19. The maximum atomic E-state index is 12.0. The Labute approximate surface area is 102 Å². The van der Waals surface area contributed by atoms with Gasteiger partial charge in [-0.3, -0.25) is 4.79 Å². The predicted molar refractivity (Wildman–Crippen MR) is 67.2 cm³/mol. The highest BCUT2D eigenvalue weighted by Crippen LogP contribution is 2.21. The normalized spacial score (nSPS) is 15.7. The Kier molecular flexibility index (Phi) is 3.36. The lowest BCUT2D eigenvalue weighted by atomic mass is 10.1. The van der Waals surface area contributed by atoms with Crippen molar-refractivity contribution in [1.29, 1.82) is 0 Å². The average Bonchev–Trinajstić information content (AvgIpc) is 2.74. The minimum Gasteiger partial charge on any atom is -0.329 e. The molecule has 0 bridgehead atoms. The molecule has 2 nitrogen and oxygen atoms in total. The quantitative estimate of drug-likeness (QED) is 0.791. The van der Waals surface area contributed by atoms with Crippen LogP contribution in [0.5, 0.6) is 0 Å². The van der Waals surface area contributed by atoms with Crippen molar-refractivity contribution < 1.29 is 4.79 Å². The zero-order valence-corrected chi connectivity index (χ0v) is 10.9. The summed E-state index contributed by atoms with van der Waals surface area (Å²) in [5.41, 5.74) is 1.93. The Morgan fingerprint density at radius 2 is 2.33 bits per heavy atom. The lowest BCUT2D eigenvalue weighted by molar-refractivity contribution is 0.0802. The van der Waals surface area contributed by atoms with E-state index in [4.69, 9.17) is 0 Å². The molecule has 0 radical (unpaired) electrons. The van der Waals surface area contributed by atoms with Crippen LogP contribution in [0.25, 0.3) is 0 Å². The molecule has 1 heterocycles. The first kappa shape index (κ1) is 11.0. The molecule has 80 valence electrons. The number of carbonyl (C=O) groups excluding carboxylic acids is 1. The Balaban J connectivity index is 2.21. The number of hydrogen-bond donors (Lipinski definition) is 0. The number of nitrogens with zero attached hydrogens (tertiary/aromatic N) is 1. The maximum absolute atomic E-state index is 12.0. The highest BCUT2D eigenvalue weighted by atomic mass is 79.9. The molecule has 0 saturated carbocycles. The minimum atomic E-state index is 0.140. The summed E-state index contributed by atoms with van der Waals surface area (Å²) in [6, 6.07) is 5.77. The second-order valence-corrected chi connectivity index (χ2v) is 5.50. The van der Waals surface area contributed by atoms with Gasteiger partial charge in [-0.2, -0.15) is 0 Å². The number of hydrogen-bond acceptors (Lipinski definition) is 2. The van der Waals surface area contributed by atoms with Crippen molar-refractivity contribution in [2.75, 3.05) is 18.2 Å². The summed E-state index contributed by atoms with van der Waals surface area (Å²) in [6.45, 7) is 2.89. The molecule has 1 amide bonds. The minimum absolute atomic E-state index is 0.140. The molecule has 1 aromatic carbocycles. The number of benzene rings is 1. The third-order valence-electron chi connectivity index (χ3n) is 2.46. The second kappa shape index (κ2) is 4.58. The number of aryl methyl sites for hydroxylation is 1. The van der Waals surface area contributed by atoms with Crippen LogP contribution >= 0.6 is 27.7 Å². The largest absolute Gasteiger partial charge is 0.329 e. The van der Waals surface area contributed by atoms with Gasteiger partial charge in [0.05, 0.1) is 5.88 Å². The van der Waals surface area contributed by atoms with Crippen molar-refractivity contribution in [2.24, 2.45) is 0 Å². The van der Waals surface area contributed by atoms with E-state index >= 15 is 0 Å². The van der Waals surface area contributed by atoms with E-state index in [-0.39, 0.29) is 5.91 Å². The lowest BCUT2D eigenvalue weighted by Gasteiger charge is -2.14. The molecule has 1 saturated heterocycles. The first-order valence-corrected chi connectivity index (χ1v) is 6.76. The van der Waals surface area contributed by atoms with Crippen molar-refractivity contribution in [1.82, 2.24) is 4.90 Å². The van der Waals surface area contributed by atoms with Gasteiger partial charge in [0.2, 0.25) is 0 Å². The molecule has 1 aromatic rings. The third-order valence-corrected chi connectivity index (χ3v) is 4.28. The van der Waals surface area contributed by atoms with Crippen LogP contribution in [0, 0.1) is 6.92 Å². The monoisotopic (exact) mass is 285 g/mol. The topological polar surface area (TPSA) is 20.3 Å². The molecule has 0 unspecified atom stereocenters. The number of thioether (sulfide) groups is 1. The summed E-state index contributed by atoms with van der Waals surface area (Å²) in [7, 11) is 0. The fraction of sp³-hybridized carbons (Fsp3) is 0.364. The van der Waals surface area contributed by atoms with Gasteiger partial charge in [0, 0.05) is 22.3 Å². The number of rotatable bonds is 1. The van der Waals surface area contributed by atoms with Gasteiger partial charge < -0.3 is 4.90 Å². The van der Waals surface area contributed by atoms with E-state index in [1.807, 2.05) is 30.0 Å². The van der Waals surface area contributed by atoms with Crippen LogP contribution in [-0.2, 0) is 0 Å². The number of carbonyl (C=O) groups is 1. The predicted octanol–water partition coefficient (Wildman–Crippen LogP) is 2.90. The summed E-state index contributed by atoms with van der Waals surface area (Å²) < 4.78 is 1.00. The molecule has 1 aliphatic rings. The van der Waals surface area contributed by atoms with Crippen LogP contribution in [0.3, 0.4) is 0 Å². The van der Waals surface area contributed by atoms with Crippen molar-refractivity contribution >= 4 is 33.6 Å². The van der Waals surface area contributed by atoms with Gasteiger partial charge in [-0.05, 0) is 24.6 Å². The molecule has 0 atom stereocenters. The Morgan fingerprint density at radius 1 is 1.53 bits per heavy atom. The summed E-state index contributed by atoms with van der Waals surface area (Å²) >= 11 is 5.25. The molecule has 4 heteroatoms. The van der Waals surface area contributed by atoms with Crippen LogP contribution < -0.4 is 0 Å². The van der Waals surface area contributed by atoms with Crippen molar-refractivity contribution in [3.63, 3.8) is 0 Å². The van der Waals surface area contributed by atoms with Crippen LogP contribution in [0.15, 0.2) is 22.7 Å². The van der Waals surface area contributed by atoms with Gasteiger partial charge in [-0.15, -0.1) is 11.8 Å². The van der Waals surface area contributed by atoms with Crippen molar-refractivity contribution in [2.45, 2.75) is 6.92 Å². The first-order valence-electron chi connectivity index (χ1n) is 4.81. The maximum Gasteiger partial charge on any atom is 0.254 e. The first-order chi connectivity index (χ1) is 7.18. The summed E-state index contributed by atoms with van der Waals surface area (Å²) in [5, 5.41) is 0. The zero-order valence-electron chi connectivity index (χ0n) is 8.50. The Morgan fingerprint density at radius 3 is 2.93 bits per heavy atom. The molecule has 0 N–H and O–H groups in total. The Bertz CT molecular complexity index is 388. The van der Waals surface area contributed by atoms with Gasteiger partial charge in [0.25, 0.3) is 5.91 Å². The van der Waals surface area contributed by atoms with Gasteiger partial charge in [0.15, 0.2) is 0 Å². The highest BCUT2D eigenvalue weighted by molar-refractivity contribution is 9.10. The van der Waals surface area contributed by atoms with Crippen LogP contribution in [0.1, 0.15) is 15.9 Å². The molecular weight excluding hydrogens is 274 g/mol. The van der Waals surface area contributed by atoms with E-state index in [0.717, 1.165) is 33.8 Å². The van der Waals surface area contributed by atoms with E-state index in [2.05, 4.69) is 15.9 Å². The summed E-state index contributed by atoms with van der Waals surface area (Å²) in [4.78, 5) is 13.9. The molecule has 1 aliphatic heterocycles. The fourth-order valence-corrected chi connectivity index (χ4v) is 2.81. The van der Waals surface area contributed by atoms with E-state index < -0.39 is 0 Å². The van der Waals surface area contributed by atoms with Crippen LogP contribution in [0.2, 0.25) is 0 Å². The van der Waals surface area contributed by atoms with Gasteiger partial charge in [-0.1, -0.05) is 22.0 Å².